The van der Waals surface area contributed by atoms with Crippen molar-refractivity contribution in [1.82, 2.24) is 0 Å². The number of thiocarbonyl (C=S) groups is 1. The highest BCUT2D eigenvalue weighted by Crippen LogP contribution is 2.36. The van der Waals surface area contributed by atoms with Gasteiger partial charge in [0.1, 0.15) is 5.75 Å². The SMILES string of the molecule is Cc1ccc(NC(=O)COc2cccc(/C=C3\SC(=S)N(c4ccccc4)C3=O)c2)c(C)c1. The van der Waals surface area contributed by atoms with Gasteiger partial charge < -0.3 is 10.1 Å². The van der Waals surface area contributed by atoms with Gasteiger partial charge in [-0.25, -0.2) is 0 Å². The number of rotatable bonds is 6. The van der Waals surface area contributed by atoms with Crippen LogP contribution < -0.4 is 15.0 Å². The van der Waals surface area contributed by atoms with Gasteiger partial charge in [-0.15, -0.1) is 0 Å². The van der Waals surface area contributed by atoms with Gasteiger partial charge in [0, 0.05) is 5.69 Å². The van der Waals surface area contributed by atoms with Crippen LogP contribution in [0.25, 0.3) is 6.08 Å². The average Bonchev–Trinajstić information content (AvgIpc) is 3.08. The Hall–Kier alpha value is -3.42. The molecule has 1 aliphatic heterocycles. The summed E-state index contributed by atoms with van der Waals surface area (Å²) in [6.07, 6.45) is 1.78. The van der Waals surface area contributed by atoms with Crippen molar-refractivity contribution in [2.24, 2.45) is 0 Å². The number of hydrogen-bond donors (Lipinski definition) is 1. The van der Waals surface area contributed by atoms with E-state index in [0.717, 1.165) is 28.1 Å². The lowest BCUT2D eigenvalue weighted by Gasteiger charge is -2.13. The minimum Gasteiger partial charge on any atom is -0.484 e. The summed E-state index contributed by atoms with van der Waals surface area (Å²) in [5.74, 6) is 0.143. The molecule has 4 rings (SSSR count). The zero-order valence-corrected chi connectivity index (χ0v) is 19.8. The Labute approximate surface area is 202 Å². The van der Waals surface area contributed by atoms with Crippen LogP contribution in [-0.2, 0) is 9.59 Å². The van der Waals surface area contributed by atoms with Gasteiger partial charge in [0.2, 0.25) is 0 Å². The molecule has 0 radical (unpaired) electrons. The molecule has 1 saturated heterocycles. The number of benzene rings is 3. The second kappa shape index (κ2) is 10.0. The molecule has 0 saturated carbocycles. The molecule has 3 aromatic carbocycles. The van der Waals surface area contributed by atoms with E-state index < -0.39 is 0 Å². The Balaban J connectivity index is 1.42. The lowest BCUT2D eigenvalue weighted by Crippen LogP contribution is -2.27. The molecule has 0 atom stereocenters. The predicted octanol–water partition coefficient (Wildman–Crippen LogP) is 5.73. The molecule has 1 aliphatic rings. The van der Waals surface area contributed by atoms with Crippen LogP contribution in [0.1, 0.15) is 16.7 Å². The quantitative estimate of drug-likeness (QED) is 0.365. The van der Waals surface area contributed by atoms with Gasteiger partial charge in [0.25, 0.3) is 11.8 Å². The largest absolute Gasteiger partial charge is 0.484 e. The van der Waals surface area contributed by atoms with E-state index in [1.807, 2.05) is 74.5 Å². The molecule has 1 N–H and O–H groups in total. The lowest BCUT2D eigenvalue weighted by atomic mass is 10.1. The maximum absolute atomic E-state index is 12.9. The highest BCUT2D eigenvalue weighted by molar-refractivity contribution is 8.27. The third kappa shape index (κ3) is 5.50. The molecule has 166 valence electrons. The topological polar surface area (TPSA) is 58.6 Å². The fraction of sp³-hybridized carbons (Fsp3) is 0.115. The monoisotopic (exact) mass is 474 g/mol. The van der Waals surface area contributed by atoms with Gasteiger partial charge in [0.15, 0.2) is 10.9 Å². The van der Waals surface area contributed by atoms with Crippen LogP contribution in [0.4, 0.5) is 11.4 Å². The molecule has 1 heterocycles. The van der Waals surface area contributed by atoms with Crippen molar-refractivity contribution in [2.75, 3.05) is 16.8 Å². The van der Waals surface area contributed by atoms with E-state index in [1.54, 1.807) is 18.2 Å². The number of amides is 2. The Morgan fingerprint density at radius 3 is 2.61 bits per heavy atom. The van der Waals surface area contributed by atoms with Gasteiger partial charge in [-0.3, -0.25) is 14.5 Å². The Morgan fingerprint density at radius 1 is 1.06 bits per heavy atom. The number of anilines is 2. The molecular weight excluding hydrogens is 452 g/mol. The second-order valence-electron chi connectivity index (χ2n) is 7.58. The smallest absolute Gasteiger partial charge is 0.270 e. The minimum atomic E-state index is -0.240. The number of ether oxygens (including phenoxy) is 1. The lowest BCUT2D eigenvalue weighted by molar-refractivity contribution is -0.118. The van der Waals surface area contributed by atoms with E-state index in [9.17, 15) is 9.59 Å². The van der Waals surface area contributed by atoms with E-state index in [4.69, 9.17) is 17.0 Å². The molecule has 33 heavy (non-hydrogen) atoms. The first-order valence-corrected chi connectivity index (χ1v) is 11.6. The summed E-state index contributed by atoms with van der Waals surface area (Å²) in [6, 6.07) is 22.4. The Kier molecular flexibility index (Phi) is 6.91. The standard InChI is InChI=1S/C26H22N2O3S2/c1-17-11-12-22(18(2)13-17)27-24(29)16-31-21-10-6-7-19(14-21)15-23-25(30)28(26(32)33-23)20-8-4-3-5-9-20/h3-15H,16H2,1-2H3,(H,27,29)/b23-15-. The molecule has 5 nitrogen and oxygen atoms in total. The van der Waals surface area contributed by atoms with Crippen molar-refractivity contribution in [3.05, 3.63) is 94.4 Å². The van der Waals surface area contributed by atoms with E-state index in [1.165, 1.54) is 16.7 Å². The number of hydrogen-bond acceptors (Lipinski definition) is 5. The van der Waals surface area contributed by atoms with Crippen molar-refractivity contribution >= 4 is 57.6 Å². The normalized spacial score (nSPS) is 14.6. The number of nitrogens with zero attached hydrogens (tertiary/aromatic N) is 1. The molecule has 0 unspecified atom stereocenters. The number of nitrogens with one attached hydrogen (secondary N) is 1. The van der Waals surface area contributed by atoms with Gasteiger partial charge in [-0.1, -0.05) is 72.0 Å². The maximum atomic E-state index is 12.9. The van der Waals surface area contributed by atoms with Gasteiger partial charge in [-0.05, 0) is 61.4 Å². The number of carbonyl (C=O) groups is 2. The van der Waals surface area contributed by atoms with Gasteiger partial charge >= 0.3 is 0 Å². The van der Waals surface area contributed by atoms with Crippen molar-refractivity contribution in [2.45, 2.75) is 13.8 Å². The first kappa shape index (κ1) is 22.8. The number of thioether (sulfide) groups is 1. The fourth-order valence-corrected chi connectivity index (χ4v) is 4.70. The third-order valence-electron chi connectivity index (χ3n) is 4.99. The molecule has 7 heteroatoms. The molecule has 2 amide bonds. The number of carbonyl (C=O) groups excluding carboxylic acids is 2. The summed E-state index contributed by atoms with van der Waals surface area (Å²) in [5.41, 5.74) is 4.44. The van der Waals surface area contributed by atoms with Crippen LogP contribution >= 0.6 is 24.0 Å². The Morgan fingerprint density at radius 2 is 1.85 bits per heavy atom. The number of para-hydroxylation sites is 1. The van der Waals surface area contributed by atoms with E-state index in [-0.39, 0.29) is 18.4 Å². The van der Waals surface area contributed by atoms with Crippen LogP contribution in [0.5, 0.6) is 5.75 Å². The summed E-state index contributed by atoms with van der Waals surface area (Å²) in [7, 11) is 0. The molecule has 0 aliphatic carbocycles. The average molecular weight is 475 g/mol. The Bertz CT molecular complexity index is 1260. The minimum absolute atomic E-state index is 0.118. The first-order valence-electron chi connectivity index (χ1n) is 10.3. The second-order valence-corrected chi connectivity index (χ2v) is 9.26. The van der Waals surface area contributed by atoms with Gasteiger partial charge in [0.05, 0.1) is 10.6 Å². The van der Waals surface area contributed by atoms with E-state index in [2.05, 4.69) is 5.32 Å². The summed E-state index contributed by atoms with van der Waals surface area (Å²) in [6.45, 7) is 3.84. The van der Waals surface area contributed by atoms with Crippen LogP contribution in [0.2, 0.25) is 0 Å². The summed E-state index contributed by atoms with van der Waals surface area (Å²) in [5, 5.41) is 2.87. The van der Waals surface area contributed by atoms with Crippen molar-refractivity contribution < 1.29 is 14.3 Å². The van der Waals surface area contributed by atoms with Crippen molar-refractivity contribution in [3.63, 3.8) is 0 Å². The highest BCUT2D eigenvalue weighted by Gasteiger charge is 2.33. The molecule has 1 fully saturated rings. The van der Waals surface area contributed by atoms with Crippen LogP contribution in [0, 0.1) is 13.8 Å². The maximum Gasteiger partial charge on any atom is 0.270 e. The summed E-state index contributed by atoms with van der Waals surface area (Å²) in [4.78, 5) is 27.3. The highest BCUT2D eigenvalue weighted by atomic mass is 32.2. The predicted molar refractivity (Wildman–Crippen MR) is 139 cm³/mol. The molecule has 3 aromatic rings. The molecule has 0 spiro atoms. The summed E-state index contributed by atoms with van der Waals surface area (Å²) >= 11 is 6.68. The third-order valence-corrected chi connectivity index (χ3v) is 6.29. The zero-order chi connectivity index (χ0) is 23.4. The molecule has 0 bridgehead atoms. The van der Waals surface area contributed by atoms with Crippen molar-refractivity contribution in [1.29, 1.82) is 0 Å². The van der Waals surface area contributed by atoms with Crippen LogP contribution in [0.3, 0.4) is 0 Å². The summed E-state index contributed by atoms with van der Waals surface area (Å²) < 4.78 is 6.17. The van der Waals surface area contributed by atoms with Crippen LogP contribution in [-0.4, -0.2) is 22.7 Å². The zero-order valence-electron chi connectivity index (χ0n) is 18.2. The molecule has 0 aromatic heterocycles. The number of aryl methyl sites for hydroxylation is 2. The van der Waals surface area contributed by atoms with Gasteiger partial charge in [-0.2, -0.15) is 0 Å². The fourth-order valence-electron chi connectivity index (χ4n) is 3.40. The van der Waals surface area contributed by atoms with Crippen LogP contribution in [0.15, 0.2) is 77.7 Å². The van der Waals surface area contributed by atoms with Crippen molar-refractivity contribution in [3.8, 4) is 5.75 Å². The van der Waals surface area contributed by atoms with E-state index >= 15 is 0 Å². The molecular formula is C26H22N2O3S2. The first-order chi connectivity index (χ1) is 15.9. The van der Waals surface area contributed by atoms with E-state index in [0.29, 0.717) is 15.0 Å².